The van der Waals surface area contributed by atoms with E-state index in [0.717, 1.165) is 18.4 Å². The average molecular weight is 322 g/mol. The van der Waals surface area contributed by atoms with Crippen molar-refractivity contribution >= 4 is 11.7 Å². The van der Waals surface area contributed by atoms with Crippen LogP contribution < -0.4 is 11.1 Å². The Balaban J connectivity index is 1.85. The molecule has 124 valence electrons. The fourth-order valence-corrected chi connectivity index (χ4v) is 2.85. The van der Waals surface area contributed by atoms with Crippen LogP contribution in [0.15, 0.2) is 48.5 Å². The van der Waals surface area contributed by atoms with E-state index in [-0.39, 0.29) is 17.7 Å². The summed E-state index contributed by atoms with van der Waals surface area (Å²) in [6.45, 7) is 2.39. The molecular weight excluding hydrogens is 300 g/mol. The molecule has 0 aliphatic heterocycles. The fraction of sp³-hybridized carbons (Fsp3) is 0.300. The minimum atomic E-state index is -0.228. The van der Waals surface area contributed by atoms with E-state index in [2.05, 4.69) is 5.32 Å². The molecule has 1 saturated carbocycles. The van der Waals surface area contributed by atoms with Crippen LogP contribution >= 0.6 is 0 Å². The Kier molecular flexibility index (Phi) is 4.76. The zero-order valence-electron chi connectivity index (χ0n) is 13.8. The topological polar surface area (TPSA) is 72.2 Å². The van der Waals surface area contributed by atoms with Gasteiger partial charge in [0.2, 0.25) is 0 Å². The van der Waals surface area contributed by atoms with Crippen molar-refractivity contribution in [2.75, 3.05) is 6.54 Å². The van der Waals surface area contributed by atoms with Crippen molar-refractivity contribution in [2.45, 2.75) is 25.8 Å². The summed E-state index contributed by atoms with van der Waals surface area (Å²) < 4.78 is 0. The highest BCUT2D eigenvalue weighted by molar-refractivity contribution is 6.15. The SMILES string of the molecule is Cc1ccc(C(=O)c2ccccc2C(=O)NC(CN)C2CC2)cc1. The summed E-state index contributed by atoms with van der Waals surface area (Å²) in [5.41, 5.74) is 8.26. The summed E-state index contributed by atoms with van der Waals surface area (Å²) in [5, 5.41) is 2.98. The lowest BCUT2D eigenvalue weighted by molar-refractivity contribution is 0.0923. The highest BCUT2D eigenvalue weighted by atomic mass is 16.2. The molecule has 0 radical (unpaired) electrons. The molecule has 3 N–H and O–H groups in total. The zero-order valence-corrected chi connectivity index (χ0v) is 13.8. The standard InChI is InChI=1S/C20H22N2O2/c1-13-6-8-15(9-7-13)19(23)16-4-2-3-5-17(16)20(24)22-18(12-21)14-10-11-14/h2-9,14,18H,10-12,21H2,1H3,(H,22,24). The molecule has 1 fully saturated rings. The van der Waals surface area contributed by atoms with Crippen molar-refractivity contribution in [2.24, 2.45) is 11.7 Å². The van der Waals surface area contributed by atoms with Crippen LogP contribution in [0.2, 0.25) is 0 Å². The molecule has 0 bridgehead atoms. The Hall–Kier alpha value is -2.46. The summed E-state index contributed by atoms with van der Waals surface area (Å²) in [6.07, 6.45) is 2.21. The van der Waals surface area contributed by atoms with E-state index < -0.39 is 0 Å². The summed E-state index contributed by atoms with van der Waals surface area (Å²) in [5.74, 6) is 0.101. The molecule has 4 nitrogen and oxygen atoms in total. The van der Waals surface area contributed by atoms with Gasteiger partial charge in [-0.25, -0.2) is 0 Å². The van der Waals surface area contributed by atoms with Crippen LogP contribution in [0.3, 0.4) is 0 Å². The van der Waals surface area contributed by atoms with Gasteiger partial charge in [-0.3, -0.25) is 9.59 Å². The van der Waals surface area contributed by atoms with Gasteiger partial charge in [0.15, 0.2) is 5.78 Å². The number of nitrogens with two attached hydrogens (primary N) is 1. The number of hydrogen-bond donors (Lipinski definition) is 2. The largest absolute Gasteiger partial charge is 0.348 e. The number of nitrogens with one attached hydrogen (secondary N) is 1. The van der Waals surface area contributed by atoms with Gasteiger partial charge < -0.3 is 11.1 Å². The highest BCUT2D eigenvalue weighted by Crippen LogP contribution is 2.32. The average Bonchev–Trinajstić information content (AvgIpc) is 3.44. The molecule has 1 amide bonds. The number of carbonyl (C=O) groups excluding carboxylic acids is 2. The molecule has 0 aromatic heterocycles. The third-order valence-electron chi connectivity index (χ3n) is 4.49. The minimum Gasteiger partial charge on any atom is -0.348 e. The van der Waals surface area contributed by atoms with Crippen LogP contribution in [-0.2, 0) is 0 Å². The maximum absolute atomic E-state index is 12.8. The Morgan fingerprint density at radius 3 is 2.29 bits per heavy atom. The lowest BCUT2D eigenvalue weighted by atomic mass is 9.97. The van der Waals surface area contributed by atoms with E-state index in [9.17, 15) is 9.59 Å². The molecule has 3 rings (SSSR count). The number of hydrogen-bond acceptors (Lipinski definition) is 3. The van der Waals surface area contributed by atoms with Crippen molar-refractivity contribution in [3.63, 3.8) is 0 Å². The third kappa shape index (κ3) is 3.54. The quantitative estimate of drug-likeness (QED) is 0.803. The van der Waals surface area contributed by atoms with Crippen LogP contribution in [-0.4, -0.2) is 24.3 Å². The first-order valence-electron chi connectivity index (χ1n) is 8.31. The molecule has 0 heterocycles. The monoisotopic (exact) mass is 322 g/mol. The molecule has 1 aliphatic carbocycles. The first-order valence-corrected chi connectivity index (χ1v) is 8.31. The molecular formula is C20H22N2O2. The maximum atomic E-state index is 12.8. The number of ketones is 1. The molecule has 0 spiro atoms. The first kappa shape index (κ1) is 16.4. The van der Waals surface area contributed by atoms with E-state index in [4.69, 9.17) is 5.73 Å². The normalized spacial score (nSPS) is 14.9. The van der Waals surface area contributed by atoms with Crippen molar-refractivity contribution in [3.8, 4) is 0 Å². The zero-order chi connectivity index (χ0) is 17.1. The smallest absolute Gasteiger partial charge is 0.252 e. The van der Waals surface area contributed by atoms with E-state index in [1.807, 2.05) is 19.1 Å². The Labute approximate surface area is 142 Å². The first-order chi connectivity index (χ1) is 11.6. The van der Waals surface area contributed by atoms with Gasteiger partial charge in [-0.05, 0) is 31.7 Å². The predicted molar refractivity (Wildman–Crippen MR) is 94.1 cm³/mol. The second-order valence-electron chi connectivity index (χ2n) is 6.39. The summed E-state index contributed by atoms with van der Waals surface area (Å²) in [7, 11) is 0. The maximum Gasteiger partial charge on any atom is 0.252 e. The van der Waals surface area contributed by atoms with Crippen molar-refractivity contribution in [3.05, 3.63) is 70.8 Å². The molecule has 1 aliphatic rings. The Bertz CT molecular complexity index is 748. The molecule has 1 atom stereocenters. The van der Waals surface area contributed by atoms with Gasteiger partial charge in [0.1, 0.15) is 0 Å². The molecule has 2 aromatic carbocycles. The number of aryl methyl sites for hydroxylation is 1. The minimum absolute atomic E-state index is 0.0139. The lowest BCUT2D eigenvalue weighted by Crippen LogP contribution is -2.42. The van der Waals surface area contributed by atoms with E-state index in [1.165, 1.54) is 0 Å². The Morgan fingerprint density at radius 2 is 1.71 bits per heavy atom. The van der Waals surface area contributed by atoms with Crippen molar-refractivity contribution < 1.29 is 9.59 Å². The molecule has 0 saturated heterocycles. The van der Waals surface area contributed by atoms with Gasteiger partial charge >= 0.3 is 0 Å². The molecule has 1 unspecified atom stereocenters. The van der Waals surface area contributed by atoms with Crippen LogP contribution in [0.5, 0.6) is 0 Å². The number of amides is 1. The van der Waals surface area contributed by atoms with Crippen molar-refractivity contribution in [1.82, 2.24) is 5.32 Å². The number of benzene rings is 2. The van der Waals surface area contributed by atoms with Crippen LogP contribution in [0.1, 0.15) is 44.7 Å². The summed E-state index contributed by atoms with van der Waals surface area (Å²) >= 11 is 0. The number of rotatable bonds is 6. The van der Waals surface area contributed by atoms with Gasteiger partial charge in [0.05, 0.1) is 5.56 Å². The molecule has 2 aromatic rings. The third-order valence-corrected chi connectivity index (χ3v) is 4.49. The molecule has 24 heavy (non-hydrogen) atoms. The van der Waals surface area contributed by atoms with E-state index >= 15 is 0 Å². The van der Waals surface area contributed by atoms with Gasteiger partial charge in [-0.15, -0.1) is 0 Å². The van der Waals surface area contributed by atoms with Crippen LogP contribution in [0.25, 0.3) is 0 Å². The van der Waals surface area contributed by atoms with E-state index in [1.54, 1.807) is 36.4 Å². The van der Waals surface area contributed by atoms with Crippen LogP contribution in [0.4, 0.5) is 0 Å². The van der Waals surface area contributed by atoms with Gasteiger partial charge in [0, 0.05) is 23.7 Å². The van der Waals surface area contributed by atoms with Gasteiger partial charge in [-0.2, -0.15) is 0 Å². The fourth-order valence-electron chi connectivity index (χ4n) is 2.85. The second-order valence-corrected chi connectivity index (χ2v) is 6.39. The number of carbonyl (C=O) groups is 2. The lowest BCUT2D eigenvalue weighted by Gasteiger charge is -2.17. The van der Waals surface area contributed by atoms with E-state index in [0.29, 0.717) is 29.2 Å². The van der Waals surface area contributed by atoms with Gasteiger partial charge in [0.25, 0.3) is 5.91 Å². The van der Waals surface area contributed by atoms with Crippen molar-refractivity contribution in [1.29, 1.82) is 0 Å². The summed E-state index contributed by atoms with van der Waals surface area (Å²) in [6, 6.07) is 14.3. The predicted octanol–water partition coefficient (Wildman–Crippen LogP) is 2.69. The summed E-state index contributed by atoms with van der Waals surface area (Å²) in [4.78, 5) is 25.4. The van der Waals surface area contributed by atoms with Gasteiger partial charge in [-0.1, -0.05) is 48.0 Å². The second kappa shape index (κ2) is 6.97. The van der Waals surface area contributed by atoms with Crippen LogP contribution in [0, 0.1) is 12.8 Å². The Morgan fingerprint density at radius 1 is 1.08 bits per heavy atom. The highest BCUT2D eigenvalue weighted by Gasteiger charge is 2.32. The molecule has 4 heteroatoms.